The second kappa shape index (κ2) is 4.26. The highest BCUT2D eigenvalue weighted by Gasteiger charge is 2.01. The molecule has 0 saturated carbocycles. The van der Waals surface area contributed by atoms with Crippen LogP contribution in [0.4, 0.5) is 0 Å². The lowest BCUT2D eigenvalue weighted by atomic mass is 10.0. The molecule has 0 aliphatic rings. The Morgan fingerprint density at radius 3 is 2.77 bits per heavy atom. The van der Waals surface area contributed by atoms with Crippen molar-refractivity contribution in [1.29, 1.82) is 0 Å². The van der Waals surface area contributed by atoms with E-state index in [9.17, 15) is 4.79 Å². The molecule has 1 aromatic heterocycles. The molecule has 72 valence electrons. The minimum Gasteiger partial charge on any atom is -0.318 e. The maximum Gasteiger partial charge on any atom is 0.253 e. The van der Waals surface area contributed by atoms with Gasteiger partial charge in [-0.3, -0.25) is 4.79 Å². The Balaban J connectivity index is 2.78. The quantitative estimate of drug-likeness (QED) is 0.695. The van der Waals surface area contributed by atoms with Gasteiger partial charge >= 0.3 is 0 Å². The minimum atomic E-state index is 0.142. The average Bonchev–Trinajstić information content (AvgIpc) is 2.07. The van der Waals surface area contributed by atoms with Crippen molar-refractivity contribution in [3.63, 3.8) is 0 Å². The number of aromatic nitrogens is 1. The first-order valence-electron chi connectivity index (χ1n) is 4.75. The number of nitrogens with zero attached hydrogens (tertiary/aromatic N) is 1. The van der Waals surface area contributed by atoms with Crippen LogP contribution in [-0.4, -0.2) is 4.57 Å². The Morgan fingerprint density at radius 1 is 1.46 bits per heavy atom. The lowest BCUT2D eigenvalue weighted by Gasteiger charge is -2.05. The Kier molecular flexibility index (Phi) is 3.29. The zero-order valence-electron chi connectivity index (χ0n) is 8.58. The third kappa shape index (κ3) is 2.72. The van der Waals surface area contributed by atoms with Crippen molar-refractivity contribution in [2.75, 3.05) is 0 Å². The Labute approximate surface area is 79.2 Å². The molecule has 0 fully saturated rings. The van der Waals surface area contributed by atoms with E-state index in [-0.39, 0.29) is 5.56 Å². The SMILES string of the molecule is CC(C)CCc1cccn(C)c1=O. The van der Waals surface area contributed by atoms with Gasteiger partial charge < -0.3 is 4.57 Å². The molecule has 0 aliphatic carbocycles. The Bertz CT molecular complexity index is 325. The van der Waals surface area contributed by atoms with Gasteiger partial charge in [0.15, 0.2) is 0 Å². The predicted octanol–water partition coefficient (Wildman–Crippen LogP) is 1.97. The molecule has 1 aromatic rings. The molecule has 0 N–H and O–H groups in total. The van der Waals surface area contributed by atoms with Gasteiger partial charge in [0.2, 0.25) is 0 Å². The molecule has 13 heavy (non-hydrogen) atoms. The van der Waals surface area contributed by atoms with E-state index < -0.39 is 0 Å². The van der Waals surface area contributed by atoms with E-state index >= 15 is 0 Å². The molecule has 2 heteroatoms. The maximum atomic E-state index is 11.5. The van der Waals surface area contributed by atoms with Gasteiger partial charge in [-0.05, 0) is 24.8 Å². The summed E-state index contributed by atoms with van der Waals surface area (Å²) in [6.07, 6.45) is 3.77. The fourth-order valence-corrected chi connectivity index (χ4v) is 1.29. The molecule has 2 nitrogen and oxygen atoms in total. The first-order chi connectivity index (χ1) is 6.11. The van der Waals surface area contributed by atoms with Crippen LogP contribution in [-0.2, 0) is 13.5 Å². The van der Waals surface area contributed by atoms with Crippen molar-refractivity contribution in [1.82, 2.24) is 4.57 Å². The van der Waals surface area contributed by atoms with Crippen molar-refractivity contribution < 1.29 is 0 Å². The first kappa shape index (κ1) is 10.0. The largest absolute Gasteiger partial charge is 0.318 e. The van der Waals surface area contributed by atoms with Gasteiger partial charge in [-0.15, -0.1) is 0 Å². The molecule has 0 unspecified atom stereocenters. The van der Waals surface area contributed by atoms with Crippen molar-refractivity contribution >= 4 is 0 Å². The van der Waals surface area contributed by atoms with Crippen LogP contribution in [0.5, 0.6) is 0 Å². The second-order valence-electron chi connectivity index (χ2n) is 3.88. The summed E-state index contributed by atoms with van der Waals surface area (Å²) in [7, 11) is 1.79. The third-order valence-electron chi connectivity index (χ3n) is 2.19. The smallest absolute Gasteiger partial charge is 0.253 e. The van der Waals surface area contributed by atoms with E-state index in [0.717, 1.165) is 18.4 Å². The van der Waals surface area contributed by atoms with E-state index in [1.807, 2.05) is 12.1 Å². The van der Waals surface area contributed by atoms with Gasteiger partial charge in [0.25, 0.3) is 5.56 Å². The van der Waals surface area contributed by atoms with Crippen LogP contribution >= 0.6 is 0 Å². The van der Waals surface area contributed by atoms with Crippen LogP contribution in [0.2, 0.25) is 0 Å². The van der Waals surface area contributed by atoms with Gasteiger partial charge in [0.1, 0.15) is 0 Å². The van der Waals surface area contributed by atoms with Crippen molar-refractivity contribution in [3.8, 4) is 0 Å². The molecule has 0 aliphatic heterocycles. The molecular formula is C11H17NO. The summed E-state index contributed by atoms with van der Waals surface area (Å²) in [4.78, 5) is 11.5. The summed E-state index contributed by atoms with van der Waals surface area (Å²) in [6.45, 7) is 4.35. The molecular weight excluding hydrogens is 162 g/mol. The topological polar surface area (TPSA) is 22.0 Å². The van der Waals surface area contributed by atoms with Crippen LogP contribution in [0, 0.1) is 5.92 Å². The molecule has 0 saturated heterocycles. The highest BCUT2D eigenvalue weighted by atomic mass is 16.1. The lowest BCUT2D eigenvalue weighted by molar-refractivity contribution is 0.582. The van der Waals surface area contributed by atoms with Gasteiger partial charge in [-0.1, -0.05) is 19.9 Å². The number of hydrogen-bond acceptors (Lipinski definition) is 1. The van der Waals surface area contributed by atoms with Crippen molar-refractivity contribution in [3.05, 3.63) is 34.2 Å². The van der Waals surface area contributed by atoms with Gasteiger partial charge in [0.05, 0.1) is 0 Å². The van der Waals surface area contributed by atoms with E-state index in [4.69, 9.17) is 0 Å². The molecule has 0 radical (unpaired) electrons. The van der Waals surface area contributed by atoms with E-state index in [2.05, 4.69) is 13.8 Å². The summed E-state index contributed by atoms with van der Waals surface area (Å²) in [5.74, 6) is 0.657. The van der Waals surface area contributed by atoms with E-state index in [0.29, 0.717) is 5.92 Å². The summed E-state index contributed by atoms with van der Waals surface area (Å²) in [5.41, 5.74) is 1.07. The van der Waals surface area contributed by atoms with Crippen LogP contribution < -0.4 is 5.56 Å². The van der Waals surface area contributed by atoms with Gasteiger partial charge in [-0.25, -0.2) is 0 Å². The standard InChI is InChI=1S/C11H17NO/c1-9(2)6-7-10-5-4-8-12(3)11(10)13/h4-5,8-9H,6-7H2,1-3H3. The number of rotatable bonds is 3. The summed E-state index contributed by atoms with van der Waals surface area (Å²) >= 11 is 0. The maximum absolute atomic E-state index is 11.5. The Morgan fingerprint density at radius 2 is 2.15 bits per heavy atom. The van der Waals surface area contributed by atoms with E-state index in [1.54, 1.807) is 17.8 Å². The van der Waals surface area contributed by atoms with E-state index in [1.165, 1.54) is 0 Å². The Hall–Kier alpha value is -1.05. The zero-order chi connectivity index (χ0) is 9.84. The summed E-state index contributed by atoms with van der Waals surface area (Å²) in [5, 5.41) is 0. The predicted molar refractivity (Wildman–Crippen MR) is 54.8 cm³/mol. The van der Waals surface area contributed by atoms with Gasteiger partial charge in [0, 0.05) is 18.8 Å². The van der Waals surface area contributed by atoms with Crippen molar-refractivity contribution in [2.45, 2.75) is 26.7 Å². The highest BCUT2D eigenvalue weighted by Crippen LogP contribution is 2.04. The highest BCUT2D eigenvalue weighted by molar-refractivity contribution is 5.10. The molecule has 0 spiro atoms. The van der Waals surface area contributed by atoms with Crippen LogP contribution in [0.15, 0.2) is 23.1 Å². The minimum absolute atomic E-state index is 0.142. The summed E-state index contributed by atoms with van der Waals surface area (Å²) < 4.78 is 1.63. The van der Waals surface area contributed by atoms with Crippen molar-refractivity contribution in [2.24, 2.45) is 13.0 Å². The molecule has 0 atom stereocenters. The molecule has 0 aromatic carbocycles. The zero-order valence-corrected chi connectivity index (χ0v) is 8.58. The third-order valence-corrected chi connectivity index (χ3v) is 2.19. The fraction of sp³-hybridized carbons (Fsp3) is 0.545. The average molecular weight is 179 g/mol. The molecule has 1 heterocycles. The van der Waals surface area contributed by atoms with Gasteiger partial charge in [-0.2, -0.15) is 0 Å². The number of aryl methyl sites for hydroxylation is 2. The number of pyridine rings is 1. The van der Waals surface area contributed by atoms with Crippen LogP contribution in [0.25, 0.3) is 0 Å². The first-order valence-corrected chi connectivity index (χ1v) is 4.75. The molecule has 0 amide bonds. The fourth-order valence-electron chi connectivity index (χ4n) is 1.29. The van der Waals surface area contributed by atoms with Crippen LogP contribution in [0.3, 0.4) is 0 Å². The monoisotopic (exact) mass is 179 g/mol. The number of hydrogen-bond donors (Lipinski definition) is 0. The normalized spacial score (nSPS) is 10.8. The van der Waals surface area contributed by atoms with Crippen LogP contribution in [0.1, 0.15) is 25.8 Å². The summed E-state index contributed by atoms with van der Waals surface area (Å²) in [6, 6.07) is 3.85. The second-order valence-corrected chi connectivity index (χ2v) is 3.88. The molecule has 1 rings (SSSR count). The molecule has 0 bridgehead atoms. The lowest BCUT2D eigenvalue weighted by Crippen LogP contribution is -2.20.